The van der Waals surface area contributed by atoms with E-state index in [4.69, 9.17) is 23.8 Å². The van der Waals surface area contributed by atoms with Crippen LogP contribution in [0.4, 0.5) is 13.2 Å². The van der Waals surface area contributed by atoms with Gasteiger partial charge in [-0.2, -0.15) is 28.5 Å². The molecule has 4 aromatic rings. The third-order valence-corrected chi connectivity index (χ3v) is 5.12. The topological polar surface area (TPSA) is 69.2 Å². The number of hydrogen-bond donors (Lipinski definition) is 1. The maximum Gasteiger partial charge on any atom is 0.436 e. The Labute approximate surface area is 178 Å². The molecule has 0 spiro atoms. The van der Waals surface area contributed by atoms with Crippen LogP contribution in [0.5, 0.6) is 0 Å². The first-order valence-electron chi connectivity index (χ1n) is 8.71. The number of rotatable bonds is 4. The van der Waals surface area contributed by atoms with Crippen molar-refractivity contribution in [2.45, 2.75) is 19.6 Å². The molecule has 0 amide bonds. The third-order valence-electron chi connectivity index (χ3n) is 4.49. The molecule has 156 valence electrons. The molecule has 4 rings (SSSR count). The van der Waals surface area contributed by atoms with Crippen molar-refractivity contribution >= 4 is 23.8 Å². The van der Waals surface area contributed by atoms with Gasteiger partial charge < -0.3 is 0 Å². The van der Waals surface area contributed by atoms with Crippen LogP contribution in [0.1, 0.15) is 16.8 Å². The van der Waals surface area contributed by atoms with Gasteiger partial charge in [-0.05, 0) is 24.7 Å². The van der Waals surface area contributed by atoms with Crippen molar-refractivity contribution in [1.29, 1.82) is 0 Å². The number of benzene rings is 1. The molecule has 0 aliphatic heterocycles. The Morgan fingerprint density at radius 3 is 2.53 bits per heavy atom. The second-order valence-corrected chi connectivity index (χ2v) is 7.47. The normalized spacial score (nSPS) is 11.9. The van der Waals surface area contributed by atoms with Crippen molar-refractivity contribution in [2.75, 3.05) is 0 Å². The average Bonchev–Trinajstić information content (AvgIpc) is 3.34. The van der Waals surface area contributed by atoms with Crippen molar-refractivity contribution in [1.82, 2.24) is 34.3 Å². The summed E-state index contributed by atoms with van der Waals surface area (Å²) in [7, 11) is 1.36. The Morgan fingerprint density at radius 1 is 1.20 bits per heavy atom. The minimum Gasteiger partial charge on any atom is -0.266 e. The number of aromatic amines is 1. The van der Waals surface area contributed by atoms with Gasteiger partial charge in [-0.15, -0.1) is 0 Å². The van der Waals surface area contributed by atoms with Crippen LogP contribution in [0, 0.1) is 11.7 Å². The van der Waals surface area contributed by atoms with Crippen LogP contribution in [0.3, 0.4) is 0 Å². The number of aromatic nitrogens is 7. The van der Waals surface area contributed by atoms with E-state index >= 15 is 0 Å². The van der Waals surface area contributed by atoms with E-state index in [9.17, 15) is 13.2 Å². The quantitative estimate of drug-likeness (QED) is 0.460. The van der Waals surface area contributed by atoms with E-state index in [0.29, 0.717) is 12.2 Å². The average molecular weight is 454 g/mol. The Hall–Kier alpha value is -2.92. The Balaban J connectivity index is 1.74. The zero-order chi connectivity index (χ0) is 21.6. The first kappa shape index (κ1) is 20.4. The standard InChI is InChI=1S/C18H15ClF3N7S/c1-10-3-5-11(6-4-10)8-28-9-12(7-23-28)29-16(24-25-17(29)30)14-13(19)15(18(20,21)22)26-27(14)2/h3-7,9H,8H2,1-2H3,(H,25,30). The number of hydrogen-bond acceptors (Lipinski definition) is 4. The van der Waals surface area contributed by atoms with Gasteiger partial charge in [0.05, 0.1) is 18.4 Å². The molecule has 3 aromatic heterocycles. The number of H-pyrrole nitrogens is 1. The van der Waals surface area contributed by atoms with E-state index in [1.807, 2.05) is 31.2 Å². The highest BCUT2D eigenvalue weighted by molar-refractivity contribution is 7.71. The highest BCUT2D eigenvalue weighted by atomic mass is 35.5. The molecule has 7 nitrogen and oxygen atoms in total. The highest BCUT2D eigenvalue weighted by Crippen LogP contribution is 2.39. The van der Waals surface area contributed by atoms with E-state index in [0.717, 1.165) is 15.8 Å². The summed E-state index contributed by atoms with van der Waals surface area (Å²) in [5.74, 6) is 0.102. The smallest absolute Gasteiger partial charge is 0.266 e. The van der Waals surface area contributed by atoms with Gasteiger partial charge in [0.15, 0.2) is 16.3 Å². The molecule has 3 heterocycles. The van der Waals surface area contributed by atoms with Gasteiger partial charge >= 0.3 is 6.18 Å². The van der Waals surface area contributed by atoms with Crippen LogP contribution >= 0.6 is 23.8 Å². The molecule has 1 N–H and O–H groups in total. The molecule has 0 fully saturated rings. The second kappa shape index (κ2) is 7.40. The third kappa shape index (κ3) is 3.65. The van der Waals surface area contributed by atoms with Gasteiger partial charge in [0.25, 0.3) is 0 Å². The zero-order valence-electron chi connectivity index (χ0n) is 15.8. The molecule has 0 bridgehead atoms. The second-order valence-electron chi connectivity index (χ2n) is 6.70. The van der Waals surface area contributed by atoms with Crippen LogP contribution in [-0.4, -0.2) is 34.3 Å². The van der Waals surface area contributed by atoms with Crippen LogP contribution in [-0.2, 0) is 19.8 Å². The van der Waals surface area contributed by atoms with Crippen LogP contribution in [0.2, 0.25) is 5.02 Å². The zero-order valence-corrected chi connectivity index (χ0v) is 17.3. The molecule has 0 saturated carbocycles. The number of halogens is 4. The fourth-order valence-electron chi connectivity index (χ4n) is 3.05. The predicted molar refractivity (Wildman–Crippen MR) is 107 cm³/mol. The van der Waals surface area contributed by atoms with E-state index in [2.05, 4.69) is 20.4 Å². The summed E-state index contributed by atoms with van der Waals surface area (Å²) >= 11 is 11.3. The van der Waals surface area contributed by atoms with Crippen molar-refractivity contribution in [3.8, 4) is 17.2 Å². The first-order valence-corrected chi connectivity index (χ1v) is 9.49. The minimum atomic E-state index is -4.69. The molecule has 0 atom stereocenters. The van der Waals surface area contributed by atoms with Gasteiger partial charge in [-0.1, -0.05) is 41.4 Å². The number of nitrogens with zero attached hydrogens (tertiary/aromatic N) is 6. The van der Waals surface area contributed by atoms with Crippen LogP contribution in [0.15, 0.2) is 36.7 Å². The molecular weight excluding hydrogens is 439 g/mol. The number of alkyl halides is 3. The van der Waals surface area contributed by atoms with Gasteiger partial charge in [0.1, 0.15) is 10.7 Å². The summed E-state index contributed by atoms with van der Waals surface area (Å²) < 4.78 is 44.0. The molecule has 12 heteroatoms. The molecule has 0 aliphatic carbocycles. The monoisotopic (exact) mass is 453 g/mol. The lowest BCUT2D eigenvalue weighted by molar-refractivity contribution is -0.141. The molecule has 1 aromatic carbocycles. The lowest BCUT2D eigenvalue weighted by Gasteiger charge is -2.05. The largest absolute Gasteiger partial charge is 0.436 e. The maximum atomic E-state index is 13.2. The Morgan fingerprint density at radius 2 is 1.90 bits per heavy atom. The summed E-state index contributed by atoms with van der Waals surface area (Å²) in [5, 5.41) is 14.0. The lowest BCUT2D eigenvalue weighted by Crippen LogP contribution is -2.07. The van der Waals surface area contributed by atoms with Gasteiger partial charge in [-0.3, -0.25) is 19.0 Å². The number of aryl methyl sites for hydroxylation is 2. The van der Waals surface area contributed by atoms with Crippen molar-refractivity contribution in [3.63, 3.8) is 0 Å². The van der Waals surface area contributed by atoms with Crippen molar-refractivity contribution < 1.29 is 13.2 Å². The summed E-state index contributed by atoms with van der Waals surface area (Å²) in [6.07, 6.45) is -1.41. The van der Waals surface area contributed by atoms with E-state index in [-0.39, 0.29) is 16.3 Å². The lowest BCUT2D eigenvalue weighted by atomic mass is 10.1. The van der Waals surface area contributed by atoms with Crippen LogP contribution in [0.25, 0.3) is 17.2 Å². The Kier molecular flexibility index (Phi) is 5.02. The fraction of sp³-hybridized carbons (Fsp3) is 0.222. The van der Waals surface area contributed by atoms with Gasteiger partial charge in [-0.25, -0.2) is 0 Å². The van der Waals surface area contributed by atoms with Crippen molar-refractivity contribution in [2.24, 2.45) is 7.05 Å². The molecule has 0 saturated heterocycles. The van der Waals surface area contributed by atoms with Gasteiger partial charge in [0, 0.05) is 13.2 Å². The van der Waals surface area contributed by atoms with Gasteiger partial charge in [0.2, 0.25) is 0 Å². The molecule has 0 aliphatic rings. The first-order chi connectivity index (χ1) is 14.1. The molecule has 0 radical (unpaired) electrons. The van der Waals surface area contributed by atoms with E-state index in [1.165, 1.54) is 11.6 Å². The fourth-order valence-corrected chi connectivity index (χ4v) is 3.64. The summed E-state index contributed by atoms with van der Waals surface area (Å²) in [5.41, 5.74) is 1.54. The Bertz CT molecular complexity index is 1260. The summed E-state index contributed by atoms with van der Waals surface area (Å²) in [4.78, 5) is 0. The van der Waals surface area contributed by atoms with Crippen molar-refractivity contribution in [3.05, 3.63) is 63.3 Å². The highest BCUT2D eigenvalue weighted by Gasteiger charge is 2.39. The maximum absolute atomic E-state index is 13.2. The minimum absolute atomic E-state index is 0.0115. The molecular formula is C18H15ClF3N7S. The SMILES string of the molecule is Cc1ccc(Cn2cc(-n3c(-c4c(Cl)c(C(F)(F)F)nn4C)n[nH]c3=S)cn2)cc1. The van der Waals surface area contributed by atoms with E-state index in [1.54, 1.807) is 17.1 Å². The predicted octanol–water partition coefficient (Wildman–Crippen LogP) is 4.56. The number of nitrogens with one attached hydrogen (secondary N) is 1. The summed E-state index contributed by atoms with van der Waals surface area (Å²) in [6, 6.07) is 8.01. The van der Waals surface area contributed by atoms with E-state index < -0.39 is 16.9 Å². The molecule has 30 heavy (non-hydrogen) atoms. The summed E-state index contributed by atoms with van der Waals surface area (Å²) in [6.45, 7) is 2.53. The molecule has 0 unspecified atom stereocenters. The van der Waals surface area contributed by atoms with Crippen LogP contribution < -0.4 is 0 Å².